The number of hydrogen-bond acceptors (Lipinski definition) is 3. The smallest absolute Gasteiger partial charge is 0.214 e. The van der Waals surface area contributed by atoms with Gasteiger partial charge in [0, 0.05) is 0 Å². The summed E-state index contributed by atoms with van der Waals surface area (Å²) < 4.78 is 0. The second-order valence-corrected chi connectivity index (χ2v) is 1.87. The highest BCUT2D eigenvalue weighted by atomic mass is 32.2. The Bertz CT molecular complexity index is 88.6. The summed E-state index contributed by atoms with van der Waals surface area (Å²) in [4.78, 5) is 19.5. The van der Waals surface area contributed by atoms with Crippen LogP contribution in [0.5, 0.6) is 0 Å². The zero-order valence-corrected chi connectivity index (χ0v) is 5.70. The summed E-state index contributed by atoms with van der Waals surface area (Å²) in [7, 11) is 0. The molecule has 9 heavy (non-hydrogen) atoms. The Morgan fingerprint density at radius 1 is 1.33 bits per heavy atom. The monoisotopic (exact) mass is 147 g/mol. The van der Waals surface area contributed by atoms with Gasteiger partial charge < -0.3 is 10.6 Å². The molecule has 0 heterocycles. The second kappa shape index (κ2) is 5.43. The van der Waals surface area contributed by atoms with Crippen molar-refractivity contribution in [3.05, 3.63) is 5.50 Å². The third-order valence-electron chi connectivity index (χ3n) is 0.584. The van der Waals surface area contributed by atoms with E-state index < -0.39 is 0 Å². The molecule has 0 saturated heterocycles. The van der Waals surface area contributed by atoms with Crippen LogP contribution in [0.1, 0.15) is 0 Å². The molecule has 0 unspecified atom stereocenters. The third kappa shape index (κ3) is 3.84. The van der Waals surface area contributed by atoms with Gasteiger partial charge in [0.15, 0.2) is 0 Å². The highest BCUT2D eigenvalue weighted by Crippen LogP contribution is 2.04. The number of carbonyl (C=O) groups excluding carboxylic acids is 2. The van der Waals surface area contributed by atoms with Crippen LogP contribution in [-0.2, 0) is 9.59 Å². The maximum atomic E-state index is 9.75. The first kappa shape index (κ1) is 8.29. The van der Waals surface area contributed by atoms with E-state index in [-0.39, 0.29) is 0 Å². The van der Waals surface area contributed by atoms with Gasteiger partial charge in [-0.25, -0.2) is 0 Å². The number of hydrogen-bond donors (Lipinski definition) is 2. The third-order valence-corrected chi connectivity index (χ3v) is 1.23. The van der Waals surface area contributed by atoms with Crippen LogP contribution in [-0.4, -0.2) is 19.1 Å². The summed E-state index contributed by atoms with van der Waals surface area (Å²) in [5.41, 5.74) is 0.431. The maximum absolute atomic E-state index is 9.75. The quantitative estimate of drug-likeness (QED) is 0.505. The lowest BCUT2D eigenvalue weighted by molar-refractivity contribution is -0.110. The van der Waals surface area contributed by atoms with Crippen LogP contribution in [0, 0.1) is 5.50 Å². The summed E-state index contributed by atoms with van der Waals surface area (Å²) in [6, 6.07) is 0. The molecule has 0 saturated carbocycles. The predicted molar refractivity (Wildman–Crippen MR) is 35.2 cm³/mol. The van der Waals surface area contributed by atoms with E-state index >= 15 is 0 Å². The lowest BCUT2D eigenvalue weighted by Crippen LogP contribution is -2.29. The number of thioether (sulfide) groups is 1. The molecule has 0 rings (SSSR count). The summed E-state index contributed by atoms with van der Waals surface area (Å²) in [5, 5.41) is 4.58. The van der Waals surface area contributed by atoms with Crippen molar-refractivity contribution >= 4 is 24.6 Å². The fourth-order valence-electron chi connectivity index (χ4n) is 0.267. The zero-order chi connectivity index (χ0) is 7.11. The molecule has 4 nitrogen and oxygen atoms in total. The summed E-state index contributed by atoms with van der Waals surface area (Å²) in [5.74, 6) is 0. The van der Waals surface area contributed by atoms with Gasteiger partial charge in [-0.15, -0.1) is 11.8 Å². The zero-order valence-electron chi connectivity index (χ0n) is 4.88. The Morgan fingerprint density at radius 3 is 2.00 bits per heavy atom. The van der Waals surface area contributed by atoms with E-state index in [4.69, 9.17) is 0 Å². The predicted octanol–water partition coefficient (Wildman–Crippen LogP) is -0.712. The van der Waals surface area contributed by atoms with E-state index in [1.165, 1.54) is 11.8 Å². The fourth-order valence-corrected chi connectivity index (χ4v) is 0.598. The van der Waals surface area contributed by atoms with Crippen molar-refractivity contribution in [1.82, 2.24) is 10.6 Å². The molecule has 0 aromatic carbocycles. The summed E-state index contributed by atoms with van der Waals surface area (Å²) in [6.07, 6.45) is 2.74. The Morgan fingerprint density at radius 2 is 1.78 bits per heavy atom. The number of nitrogens with one attached hydrogen (secondary N) is 2. The summed E-state index contributed by atoms with van der Waals surface area (Å²) in [6.45, 7) is 0. The Labute approximate surface area is 57.4 Å². The first-order valence-electron chi connectivity index (χ1n) is 2.16. The van der Waals surface area contributed by atoms with Gasteiger partial charge in [0.05, 0.1) is 0 Å². The number of rotatable bonds is 5. The molecule has 0 fully saturated rings. The lowest BCUT2D eigenvalue weighted by Gasteiger charge is -2.07. The average Bonchev–Trinajstić information content (AvgIpc) is 1.88. The SMILES string of the molecule is CS[C](NC=O)NC=O. The number of amides is 2. The van der Waals surface area contributed by atoms with Crippen LogP contribution in [0.3, 0.4) is 0 Å². The molecular weight excluding hydrogens is 140 g/mol. The summed E-state index contributed by atoms with van der Waals surface area (Å²) >= 11 is 1.25. The molecule has 0 aliphatic heterocycles. The van der Waals surface area contributed by atoms with Crippen LogP contribution in [0.25, 0.3) is 0 Å². The van der Waals surface area contributed by atoms with Crippen molar-refractivity contribution < 1.29 is 9.59 Å². The molecule has 0 spiro atoms. The molecule has 0 aromatic heterocycles. The fraction of sp³-hybridized carbons (Fsp3) is 0.250. The molecule has 2 N–H and O–H groups in total. The van der Waals surface area contributed by atoms with Gasteiger partial charge in [-0.2, -0.15) is 0 Å². The van der Waals surface area contributed by atoms with E-state index in [9.17, 15) is 9.59 Å². The minimum atomic E-state index is 0.431. The van der Waals surface area contributed by atoms with Gasteiger partial charge in [-0.1, -0.05) is 0 Å². The van der Waals surface area contributed by atoms with Gasteiger partial charge in [-0.05, 0) is 6.26 Å². The van der Waals surface area contributed by atoms with Crippen LogP contribution in [0.4, 0.5) is 0 Å². The Kier molecular flexibility index (Phi) is 5.00. The van der Waals surface area contributed by atoms with E-state index in [2.05, 4.69) is 10.6 Å². The largest absolute Gasteiger partial charge is 0.323 e. The van der Waals surface area contributed by atoms with Crippen molar-refractivity contribution in [2.45, 2.75) is 0 Å². The normalized spacial score (nSPS) is 8.67. The first-order chi connectivity index (χ1) is 4.35. The van der Waals surface area contributed by atoms with Crippen LogP contribution in [0.2, 0.25) is 0 Å². The van der Waals surface area contributed by atoms with Gasteiger partial charge in [0.2, 0.25) is 18.3 Å². The molecule has 0 aliphatic rings. The minimum absolute atomic E-state index is 0.431. The standard InChI is InChI=1S/C4H7N2O2S/c1-9-4(5-2-7)6-3-8/h2-3H,1H3,(H,5,7)(H,6,8). The maximum Gasteiger partial charge on any atom is 0.214 e. The van der Waals surface area contributed by atoms with Gasteiger partial charge in [0.25, 0.3) is 0 Å². The van der Waals surface area contributed by atoms with Gasteiger partial charge in [0.1, 0.15) is 0 Å². The molecule has 0 aliphatic carbocycles. The van der Waals surface area contributed by atoms with Crippen LogP contribution in [0.15, 0.2) is 0 Å². The van der Waals surface area contributed by atoms with Crippen LogP contribution < -0.4 is 10.6 Å². The van der Waals surface area contributed by atoms with Gasteiger partial charge in [-0.3, -0.25) is 9.59 Å². The van der Waals surface area contributed by atoms with E-state index in [1.807, 2.05) is 0 Å². The average molecular weight is 147 g/mol. The molecule has 0 aromatic rings. The van der Waals surface area contributed by atoms with E-state index in [0.29, 0.717) is 18.3 Å². The van der Waals surface area contributed by atoms with Crippen molar-refractivity contribution in [2.75, 3.05) is 6.26 Å². The van der Waals surface area contributed by atoms with E-state index in [0.717, 1.165) is 0 Å². The molecule has 1 radical (unpaired) electrons. The number of carbonyl (C=O) groups is 2. The lowest BCUT2D eigenvalue weighted by atomic mass is 11.0. The van der Waals surface area contributed by atoms with E-state index in [1.54, 1.807) is 6.26 Å². The topological polar surface area (TPSA) is 58.2 Å². The Hall–Kier alpha value is -0.710. The van der Waals surface area contributed by atoms with Crippen molar-refractivity contribution in [3.8, 4) is 0 Å². The minimum Gasteiger partial charge on any atom is -0.323 e. The van der Waals surface area contributed by atoms with Crippen molar-refractivity contribution in [3.63, 3.8) is 0 Å². The van der Waals surface area contributed by atoms with Gasteiger partial charge >= 0.3 is 0 Å². The Balaban J connectivity index is 3.39. The molecular formula is C4H7N2O2S. The first-order valence-corrected chi connectivity index (χ1v) is 3.39. The van der Waals surface area contributed by atoms with Crippen molar-refractivity contribution in [1.29, 1.82) is 0 Å². The molecule has 51 valence electrons. The highest BCUT2D eigenvalue weighted by Gasteiger charge is 2.01. The molecule has 0 bridgehead atoms. The van der Waals surface area contributed by atoms with Crippen molar-refractivity contribution in [2.24, 2.45) is 0 Å². The molecule has 0 atom stereocenters. The second-order valence-electron chi connectivity index (χ2n) is 1.06. The van der Waals surface area contributed by atoms with Crippen LogP contribution >= 0.6 is 11.8 Å². The molecule has 2 amide bonds. The molecule has 5 heteroatoms. The highest BCUT2D eigenvalue weighted by molar-refractivity contribution is 8.01.